The molecule has 9 heteroatoms. The topological polar surface area (TPSA) is 111 Å². The Morgan fingerprint density at radius 2 is 2.00 bits per heavy atom. The third-order valence-electron chi connectivity index (χ3n) is 3.75. The maximum absolute atomic E-state index is 12.5. The monoisotopic (exact) mass is 329 g/mol. The van der Waals surface area contributed by atoms with Crippen molar-refractivity contribution in [2.75, 3.05) is 20.2 Å². The van der Waals surface area contributed by atoms with Crippen LogP contribution in [0.2, 0.25) is 0 Å². The van der Waals surface area contributed by atoms with Gasteiger partial charge in [0.05, 0.1) is 16.9 Å². The lowest BCUT2D eigenvalue weighted by molar-refractivity contribution is -0.386. The molecule has 1 heterocycles. The molecule has 1 aromatic rings. The van der Waals surface area contributed by atoms with Gasteiger partial charge in [-0.1, -0.05) is 0 Å². The molecule has 0 atom stereocenters. The summed E-state index contributed by atoms with van der Waals surface area (Å²) in [5.41, 5.74) is -0.931. The van der Waals surface area contributed by atoms with E-state index in [4.69, 9.17) is 4.74 Å². The Kier molecular flexibility index (Phi) is 4.69. The van der Waals surface area contributed by atoms with E-state index in [2.05, 4.69) is 10.0 Å². The maximum atomic E-state index is 12.5. The standard InChI is InChI=1S/C13H19N3O5S/c1-13(5-7-14-8-6-13)15-22(19,20)10-3-4-12(21-2)11(9-10)16(17)18/h3-4,9,14-15H,5-8H2,1-2H3. The SMILES string of the molecule is COc1ccc(S(=O)(=O)NC2(C)CCNCC2)cc1[N+](=O)[O-]. The minimum absolute atomic E-state index is 0.0250. The Morgan fingerprint density at radius 1 is 1.36 bits per heavy atom. The first-order chi connectivity index (χ1) is 10.3. The highest BCUT2D eigenvalue weighted by molar-refractivity contribution is 7.89. The number of ether oxygens (including phenoxy) is 1. The molecule has 0 amide bonds. The van der Waals surface area contributed by atoms with E-state index in [1.54, 1.807) is 0 Å². The fourth-order valence-corrected chi connectivity index (χ4v) is 3.93. The first-order valence-corrected chi connectivity index (χ1v) is 8.33. The van der Waals surface area contributed by atoms with E-state index < -0.39 is 20.5 Å². The molecule has 2 rings (SSSR count). The van der Waals surface area contributed by atoms with Crippen LogP contribution in [0.3, 0.4) is 0 Å². The van der Waals surface area contributed by atoms with E-state index in [1.165, 1.54) is 19.2 Å². The highest BCUT2D eigenvalue weighted by Gasteiger charge is 2.33. The second kappa shape index (κ2) is 6.19. The molecule has 2 N–H and O–H groups in total. The van der Waals surface area contributed by atoms with Crippen molar-refractivity contribution in [3.63, 3.8) is 0 Å². The minimum Gasteiger partial charge on any atom is -0.490 e. The van der Waals surface area contributed by atoms with Gasteiger partial charge in [-0.25, -0.2) is 13.1 Å². The first kappa shape index (κ1) is 16.7. The number of nitrogens with zero attached hydrogens (tertiary/aromatic N) is 1. The van der Waals surface area contributed by atoms with E-state index in [9.17, 15) is 18.5 Å². The minimum atomic E-state index is -3.84. The van der Waals surface area contributed by atoms with Crippen LogP contribution in [0.25, 0.3) is 0 Å². The number of sulfonamides is 1. The van der Waals surface area contributed by atoms with Gasteiger partial charge in [0.1, 0.15) is 0 Å². The molecule has 1 aliphatic heterocycles. The molecule has 0 spiro atoms. The summed E-state index contributed by atoms with van der Waals surface area (Å²) in [5, 5.41) is 14.2. The van der Waals surface area contributed by atoms with Crippen LogP contribution in [-0.2, 0) is 10.0 Å². The molecular formula is C13H19N3O5S. The molecule has 0 unspecified atom stereocenters. The molecule has 0 aliphatic carbocycles. The van der Waals surface area contributed by atoms with Crippen LogP contribution in [0.4, 0.5) is 5.69 Å². The fraction of sp³-hybridized carbons (Fsp3) is 0.538. The zero-order chi connectivity index (χ0) is 16.4. The Hall–Kier alpha value is -1.71. The summed E-state index contributed by atoms with van der Waals surface area (Å²) < 4.78 is 32.5. The zero-order valence-electron chi connectivity index (χ0n) is 12.5. The lowest BCUT2D eigenvalue weighted by Crippen LogP contribution is -2.52. The molecule has 1 aromatic carbocycles. The summed E-state index contributed by atoms with van der Waals surface area (Å²) in [7, 11) is -2.54. The summed E-state index contributed by atoms with van der Waals surface area (Å²) in [5.74, 6) is 0.0250. The third kappa shape index (κ3) is 3.54. The summed E-state index contributed by atoms with van der Waals surface area (Å²) in [6.45, 7) is 3.28. The molecule has 22 heavy (non-hydrogen) atoms. The van der Waals surface area contributed by atoms with E-state index in [1.807, 2.05) is 6.92 Å². The predicted molar refractivity (Wildman–Crippen MR) is 80.5 cm³/mol. The van der Waals surface area contributed by atoms with Crippen LogP contribution in [0.5, 0.6) is 5.75 Å². The van der Waals surface area contributed by atoms with Crippen LogP contribution in [0, 0.1) is 10.1 Å². The number of nitro groups is 1. The largest absolute Gasteiger partial charge is 0.490 e. The van der Waals surface area contributed by atoms with Gasteiger partial charge in [0, 0.05) is 11.6 Å². The number of hydrogen-bond acceptors (Lipinski definition) is 6. The van der Waals surface area contributed by atoms with Gasteiger partial charge in [-0.2, -0.15) is 0 Å². The average molecular weight is 329 g/mol. The number of hydrogen-bond donors (Lipinski definition) is 2. The Morgan fingerprint density at radius 3 is 2.55 bits per heavy atom. The predicted octanol–water partition coefficient (Wildman–Crippen LogP) is 1.02. The van der Waals surface area contributed by atoms with E-state index in [-0.39, 0.29) is 16.3 Å². The second-order valence-corrected chi connectivity index (χ2v) is 7.19. The Bertz CT molecular complexity index is 668. The third-order valence-corrected chi connectivity index (χ3v) is 5.38. The lowest BCUT2D eigenvalue weighted by Gasteiger charge is -2.34. The van der Waals surface area contributed by atoms with Crippen LogP contribution in [-0.4, -0.2) is 39.1 Å². The maximum Gasteiger partial charge on any atom is 0.312 e. The van der Waals surface area contributed by atoms with Gasteiger partial charge < -0.3 is 10.1 Å². The lowest BCUT2D eigenvalue weighted by atomic mass is 9.92. The van der Waals surface area contributed by atoms with Gasteiger partial charge >= 0.3 is 5.69 Å². The van der Waals surface area contributed by atoms with Crippen LogP contribution in [0.15, 0.2) is 23.1 Å². The summed E-state index contributed by atoms with van der Waals surface area (Å²) in [6, 6.07) is 3.61. The van der Waals surface area contributed by atoms with Crippen molar-refractivity contribution in [3.05, 3.63) is 28.3 Å². The molecule has 0 bridgehead atoms. The van der Waals surface area contributed by atoms with Crippen molar-refractivity contribution in [1.82, 2.24) is 10.0 Å². The summed E-state index contributed by atoms with van der Waals surface area (Å²) in [6.07, 6.45) is 1.31. The van der Waals surface area contributed by atoms with Crippen LogP contribution in [0.1, 0.15) is 19.8 Å². The Labute approximate surface area is 129 Å². The van der Waals surface area contributed by atoms with Crippen LogP contribution < -0.4 is 14.8 Å². The Balaban J connectivity index is 2.33. The van der Waals surface area contributed by atoms with E-state index >= 15 is 0 Å². The van der Waals surface area contributed by atoms with Gasteiger partial charge in [0.15, 0.2) is 5.75 Å². The molecule has 1 aliphatic rings. The number of rotatable bonds is 5. The summed E-state index contributed by atoms with van der Waals surface area (Å²) >= 11 is 0. The quantitative estimate of drug-likeness (QED) is 0.616. The number of methoxy groups -OCH3 is 1. The molecule has 8 nitrogen and oxygen atoms in total. The highest BCUT2D eigenvalue weighted by Crippen LogP contribution is 2.30. The van der Waals surface area contributed by atoms with Gasteiger partial charge in [-0.05, 0) is 45.0 Å². The number of nitro benzene ring substituents is 1. The van der Waals surface area contributed by atoms with Crippen molar-refractivity contribution < 1.29 is 18.1 Å². The van der Waals surface area contributed by atoms with Crippen molar-refractivity contribution in [3.8, 4) is 5.75 Å². The number of benzene rings is 1. The molecule has 1 fully saturated rings. The first-order valence-electron chi connectivity index (χ1n) is 6.84. The highest BCUT2D eigenvalue weighted by atomic mass is 32.2. The van der Waals surface area contributed by atoms with Crippen molar-refractivity contribution in [2.45, 2.75) is 30.2 Å². The van der Waals surface area contributed by atoms with Crippen molar-refractivity contribution in [2.24, 2.45) is 0 Å². The second-order valence-electron chi connectivity index (χ2n) is 5.51. The van der Waals surface area contributed by atoms with Crippen molar-refractivity contribution >= 4 is 15.7 Å². The molecule has 122 valence electrons. The van der Waals surface area contributed by atoms with Crippen molar-refractivity contribution in [1.29, 1.82) is 0 Å². The molecular weight excluding hydrogens is 310 g/mol. The number of nitrogens with one attached hydrogen (secondary N) is 2. The van der Waals surface area contributed by atoms with Gasteiger partial charge in [-0.3, -0.25) is 10.1 Å². The van der Waals surface area contributed by atoms with E-state index in [0.717, 1.165) is 19.2 Å². The smallest absolute Gasteiger partial charge is 0.312 e. The van der Waals surface area contributed by atoms with Gasteiger partial charge in [0.25, 0.3) is 0 Å². The molecule has 0 saturated carbocycles. The zero-order valence-corrected chi connectivity index (χ0v) is 13.3. The molecule has 1 saturated heterocycles. The average Bonchev–Trinajstić information content (AvgIpc) is 2.46. The normalized spacial score (nSPS) is 17.9. The fourth-order valence-electron chi connectivity index (χ4n) is 2.44. The van der Waals surface area contributed by atoms with Gasteiger partial charge in [-0.15, -0.1) is 0 Å². The van der Waals surface area contributed by atoms with Crippen LogP contribution >= 0.6 is 0 Å². The summed E-state index contributed by atoms with van der Waals surface area (Å²) in [4.78, 5) is 10.2. The number of piperidine rings is 1. The molecule has 0 radical (unpaired) electrons. The van der Waals surface area contributed by atoms with Gasteiger partial charge in [0.2, 0.25) is 10.0 Å². The molecule has 0 aromatic heterocycles. The van der Waals surface area contributed by atoms with E-state index in [0.29, 0.717) is 12.8 Å².